The molecule has 1 aliphatic heterocycles. The number of imide groups is 2. The maximum atomic E-state index is 13.0. The Kier molecular flexibility index (Phi) is 8.36. The van der Waals surface area contributed by atoms with E-state index in [9.17, 15) is 14.4 Å². The summed E-state index contributed by atoms with van der Waals surface area (Å²) in [5, 5.41) is 2.62. The van der Waals surface area contributed by atoms with Gasteiger partial charge < -0.3 is 9.47 Å². The van der Waals surface area contributed by atoms with E-state index in [1.807, 2.05) is 0 Å². The van der Waals surface area contributed by atoms with Gasteiger partial charge in [0.15, 0.2) is 11.5 Å². The highest BCUT2D eigenvalue weighted by molar-refractivity contribution is 6.43. The van der Waals surface area contributed by atoms with Crippen LogP contribution < -0.4 is 19.7 Å². The van der Waals surface area contributed by atoms with Crippen LogP contribution in [0.4, 0.5) is 10.5 Å². The second kappa shape index (κ2) is 11.2. The van der Waals surface area contributed by atoms with E-state index in [1.54, 1.807) is 18.2 Å². The van der Waals surface area contributed by atoms with E-state index in [0.717, 1.165) is 30.6 Å². The second-order valence-corrected chi connectivity index (χ2v) is 8.19. The molecule has 0 aromatic heterocycles. The maximum Gasteiger partial charge on any atom is 0.335 e. The molecule has 174 valence electrons. The third-order valence-electron chi connectivity index (χ3n) is 5.02. The quantitative estimate of drug-likeness (QED) is 0.279. The molecule has 0 atom stereocenters. The van der Waals surface area contributed by atoms with E-state index in [-0.39, 0.29) is 21.3 Å². The number of benzene rings is 2. The van der Waals surface area contributed by atoms with E-state index in [1.165, 1.54) is 31.4 Å². The summed E-state index contributed by atoms with van der Waals surface area (Å²) in [5.74, 6) is -0.530. The minimum atomic E-state index is -0.870. The van der Waals surface area contributed by atoms with Crippen molar-refractivity contribution in [2.45, 2.75) is 32.6 Å². The molecule has 33 heavy (non-hydrogen) atoms. The number of nitrogens with one attached hydrogen (secondary N) is 1. The molecule has 9 heteroatoms. The Morgan fingerprint density at radius 1 is 0.970 bits per heavy atom. The molecule has 7 nitrogen and oxygen atoms in total. The van der Waals surface area contributed by atoms with Crippen LogP contribution in [0.2, 0.25) is 10.0 Å². The fourth-order valence-electron chi connectivity index (χ4n) is 3.29. The van der Waals surface area contributed by atoms with Crippen molar-refractivity contribution < 1.29 is 23.9 Å². The van der Waals surface area contributed by atoms with Crippen LogP contribution in [-0.4, -0.2) is 31.6 Å². The van der Waals surface area contributed by atoms with Crippen molar-refractivity contribution >= 4 is 52.8 Å². The zero-order valence-electron chi connectivity index (χ0n) is 18.3. The van der Waals surface area contributed by atoms with Gasteiger partial charge in [-0.3, -0.25) is 14.9 Å². The number of anilines is 1. The van der Waals surface area contributed by atoms with Crippen molar-refractivity contribution in [3.63, 3.8) is 0 Å². The molecular weight excluding hydrogens is 467 g/mol. The van der Waals surface area contributed by atoms with Gasteiger partial charge in [0.1, 0.15) is 5.57 Å². The molecule has 0 saturated carbocycles. The molecule has 0 unspecified atom stereocenters. The normalized spacial score (nSPS) is 15.1. The van der Waals surface area contributed by atoms with Crippen molar-refractivity contribution in [1.29, 1.82) is 0 Å². The standard InChI is InChI=1S/C24H24Cl2N2O5/c1-3-4-5-6-11-33-20-10-7-15(13-21(20)32-2)12-17-22(29)27-24(31)28(23(17)30)16-8-9-18(25)19(26)14-16/h7-10,12-14H,3-6,11H2,1-2H3,(H,27,29,31)/b17-12-. The van der Waals surface area contributed by atoms with Gasteiger partial charge in [-0.05, 0) is 48.4 Å². The maximum absolute atomic E-state index is 13.0. The first-order chi connectivity index (χ1) is 15.8. The van der Waals surface area contributed by atoms with Crippen LogP contribution in [-0.2, 0) is 9.59 Å². The zero-order chi connectivity index (χ0) is 24.0. The predicted octanol–water partition coefficient (Wildman–Crippen LogP) is 5.63. The van der Waals surface area contributed by atoms with Crippen molar-refractivity contribution in [2.75, 3.05) is 18.6 Å². The van der Waals surface area contributed by atoms with Crippen molar-refractivity contribution in [1.82, 2.24) is 5.32 Å². The molecule has 1 heterocycles. The summed E-state index contributed by atoms with van der Waals surface area (Å²) in [5.41, 5.74) is 0.512. The minimum absolute atomic E-state index is 0.173. The average Bonchev–Trinajstić information content (AvgIpc) is 2.79. The van der Waals surface area contributed by atoms with Gasteiger partial charge in [-0.15, -0.1) is 0 Å². The third kappa shape index (κ3) is 5.86. The van der Waals surface area contributed by atoms with E-state index in [0.29, 0.717) is 23.7 Å². The Morgan fingerprint density at radius 3 is 2.45 bits per heavy atom. The molecule has 3 rings (SSSR count). The van der Waals surface area contributed by atoms with Crippen LogP contribution in [0.3, 0.4) is 0 Å². The first-order valence-electron chi connectivity index (χ1n) is 10.5. The highest BCUT2D eigenvalue weighted by Gasteiger charge is 2.37. The Labute approximate surface area is 202 Å². The number of urea groups is 1. The zero-order valence-corrected chi connectivity index (χ0v) is 19.8. The highest BCUT2D eigenvalue weighted by Crippen LogP contribution is 2.31. The summed E-state index contributed by atoms with van der Waals surface area (Å²) in [4.78, 5) is 38.6. The molecular formula is C24H24Cl2N2O5. The Balaban J connectivity index is 1.84. The van der Waals surface area contributed by atoms with Crippen molar-refractivity contribution in [3.8, 4) is 11.5 Å². The lowest BCUT2D eigenvalue weighted by Crippen LogP contribution is -2.54. The average molecular weight is 491 g/mol. The molecule has 0 spiro atoms. The number of halogens is 2. The molecule has 2 aromatic rings. The van der Waals surface area contributed by atoms with Crippen LogP contribution in [0.1, 0.15) is 38.2 Å². The Bertz CT molecular complexity index is 1100. The predicted molar refractivity (Wildman–Crippen MR) is 128 cm³/mol. The molecule has 0 radical (unpaired) electrons. The van der Waals surface area contributed by atoms with Crippen LogP contribution in [0.25, 0.3) is 6.08 Å². The largest absolute Gasteiger partial charge is 0.493 e. The number of amides is 4. The van der Waals surface area contributed by atoms with Crippen LogP contribution in [0.15, 0.2) is 42.0 Å². The van der Waals surface area contributed by atoms with Gasteiger partial charge >= 0.3 is 6.03 Å². The molecule has 1 N–H and O–H groups in total. The fraction of sp³-hybridized carbons (Fsp3) is 0.292. The van der Waals surface area contributed by atoms with Gasteiger partial charge in [-0.25, -0.2) is 9.69 Å². The number of hydrogen-bond acceptors (Lipinski definition) is 5. The third-order valence-corrected chi connectivity index (χ3v) is 5.76. The summed E-state index contributed by atoms with van der Waals surface area (Å²) in [6.07, 6.45) is 5.73. The minimum Gasteiger partial charge on any atom is -0.493 e. The SMILES string of the molecule is CCCCCCOc1ccc(/C=C2/C(=O)NC(=O)N(c3ccc(Cl)c(Cl)c3)C2=O)cc1OC. The number of methoxy groups -OCH3 is 1. The molecule has 0 bridgehead atoms. The van der Waals surface area contributed by atoms with E-state index in [2.05, 4.69) is 12.2 Å². The van der Waals surface area contributed by atoms with Gasteiger partial charge in [0.2, 0.25) is 0 Å². The van der Waals surface area contributed by atoms with E-state index in [4.69, 9.17) is 32.7 Å². The van der Waals surface area contributed by atoms with Gasteiger partial charge in [0.25, 0.3) is 11.8 Å². The number of rotatable bonds is 9. The summed E-state index contributed by atoms with van der Waals surface area (Å²) in [6.45, 7) is 2.71. The topological polar surface area (TPSA) is 84.9 Å². The lowest BCUT2D eigenvalue weighted by atomic mass is 10.1. The number of nitrogens with zero attached hydrogens (tertiary/aromatic N) is 1. The number of carbonyl (C=O) groups is 3. The van der Waals surface area contributed by atoms with E-state index >= 15 is 0 Å². The van der Waals surface area contributed by atoms with Crippen LogP contribution >= 0.6 is 23.2 Å². The number of ether oxygens (including phenoxy) is 2. The van der Waals surface area contributed by atoms with Gasteiger partial charge in [-0.1, -0.05) is 55.5 Å². The molecule has 4 amide bonds. The second-order valence-electron chi connectivity index (χ2n) is 7.38. The number of hydrogen-bond donors (Lipinski definition) is 1. The Hall–Kier alpha value is -3.03. The van der Waals surface area contributed by atoms with Gasteiger partial charge in [0, 0.05) is 0 Å². The van der Waals surface area contributed by atoms with E-state index < -0.39 is 17.8 Å². The first kappa shape index (κ1) is 24.6. The van der Waals surface area contributed by atoms with Crippen LogP contribution in [0.5, 0.6) is 11.5 Å². The first-order valence-corrected chi connectivity index (χ1v) is 11.3. The monoisotopic (exact) mass is 490 g/mol. The molecule has 2 aromatic carbocycles. The molecule has 1 fully saturated rings. The number of carbonyl (C=O) groups excluding carboxylic acids is 3. The molecule has 1 aliphatic rings. The van der Waals surface area contributed by atoms with Gasteiger partial charge in [-0.2, -0.15) is 0 Å². The number of barbiturate groups is 1. The summed E-state index contributed by atoms with van der Waals surface area (Å²) >= 11 is 11.9. The lowest BCUT2D eigenvalue weighted by Gasteiger charge is -2.26. The highest BCUT2D eigenvalue weighted by atomic mass is 35.5. The summed E-state index contributed by atoms with van der Waals surface area (Å²) in [6, 6.07) is 8.53. The van der Waals surface area contributed by atoms with Gasteiger partial charge in [0.05, 0.1) is 29.4 Å². The fourth-order valence-corrected chi connectivity index (χ4v) is 3.58. The molecule has 1 saturated heterocycles. The van der Waals surface area contributed by atoms with Crippen LogP contribution in [0, 0.1) is 0 Å². The summed E-state index contributed by atoms with van der Waals surface area (Å²) in [7, 11) is 1.51. The Morgan fingerprint density at radius 2 is 1.76 bits per heavy atom. The van der Waals surface area contributed by atoms with Crippen molar-refractivity contribution in [3.05, 3.63) is 57.6 Å². The number of unbranched alkanes of at least 4 members (excludes halogenated alkanes) is 3. The van der Waals surface area contributed by atoms with Crippen molar-refractivity contribution in [2.24, 2.45) is 0 Å². The smallest absolute Gasteiger partial charge is 0.335 e. The summed E-state index contributed by atoms with van der Waals surface area (Å²) < 4.78 is 11.2. The lowest BCUT2D eigenvalue weighted by molar-refractivity contribution is -0.122. The molecule has 0 aliphatic carbocycles.